The molecule has 25 heavy (non-hydrogen) atoms. The Labute approximate surface area is 151 Å². The zero-order chi connectivity index (χ0) is 17.8. The maximum Gasteiger partial charge on any atom is 0.255 e. The van der Waals surface area contributed by atoms with Gasteiger partial charge in [-0.2, -0.15) is 0 Å². The molecule has 1 N–H and O–H groups in total. The summed E-state index contributed by atoms with van der Waals surface area (Å²) in [5.41, 5.74) is 2.22. The van der Waals surface area contributed by atoms with Crippen LogP contribution in [-0.2, 0) is 16.1 Å². The van der Waals surface area contributed by atoms with E-state index >= 15 is 0 Å². The van der Waals surface area contributed by atoms with E-state index < -0.39 is 6.04 Å². The third kappa shape index (κ3) is 3.67. The van der Waals surface area contributed by atoms with Gasteiger partial charge in [-0.15, -0.1) is 0 Å². The predicted molar refractivity (Wildman–Crippen MR) is 95.4 cm³/mol. The summed E-state index contributed by atoms with van der Waals surface area (Å²) in [6.07, 6.45) is 0. The van der Waals surface area contributed by atoms with E-state index in [0.29, 0.717) is 30.3 Å². The van der Waals surface area contributed by atoms with Crippen molar-refractivity contribution in [2.24, 2.45) is 0 Å². The van der Waals surface area contributed by atoms with Crippen molar-refractivity contribution in [3.63, 3.8) is 0 Å². The van der Waals surface area contributed by atoms with Crippen LogP contribution in [0.5, 0.6) is 0 Å². The first-order valence-electron chi connectivity index (χ1n) is 8.03. The maximum atomic E-state index is 12.8. The third-order valence-corrected chi connectivity index (χ3v) is 4.43. The largest absolute Gasteiger partial charge is 0.383 e. The second kappa shape index (κ2) is 7.68. The number of halogens is 1. The highest BCUT2D eigenvalue weighted by Crippen LogP contribution is 2.35. The summed E-state index contributed by atoms with van der Waals surface area (Å²) in [4.78, 5) is 27.1. The van der Waals surface area contributed by atoms with Crippen LogP contribution in [0.15, 0.2) is 48.5 Å². The van der Waals surface area contributed by atoms with Crippen molar-refractivity contribution < 1.29 is 14.3 Å². The minimum absolute atomic E-state index is 0.141. The highest BCUT2D eigenvalue weighted by atomic mass is 35.5. The Hall–Kier alpha value is -2.37. The van der Waals surface area contributed by atoms with E-state index in [2.05, 4.69) is 5.32 Å². The number of hydrogen-bond donors (Lipinski definition) is 1. The average Bonchev–Trinajstić information content (AvgIpc) is 2.90. The second-order valence-electron chi connectivity index (χ2n) is 5.83. The van der Waals surface area contributed by atoms with E-state index in [0.717, 1.165) is 11.1 Å². The van der Waals surface area contributed by atoms with Gasteiger partial charge in [0.25, 0.3) is 5.91 Å². The van der Waals surface area contributed by atoms with Gasteiger partial charge in [-0.3, -0.25) is 9.59 Å². The summed E-state index contributed by atoms with van der Waals surface area (Å²) in [5.74, 6) is -0.346. The summed E-state index contributed by atoms with van der Waals surface area (Å²) in [6, 6.07) is 13.9. The molecule has 1 heterocycles. The van der Waals surface area contributed by atoms with Crippen LogP contribution < -0.4 is 5.32 Å². The SMILES string of the molecule is COCCNC(=O)C1c2ccccc2C(=O)N1Cc1ccc(Cl)cc1. The third-order valence-electron chi connectivity index (χ3n) is 4.18. The highest BCUT2D eigenvalue weighted by Gasteiger charge is 2.40. The number of fused-ring (bicyclic) bond motifs is 1. The lowest BCUT2D eigenvalue weighted by molar-refractivity contribution is -0.125. The number of nitrogens with zero attached hydrogens (tertiary/aromatic N) is 1. The molecule has 0 aromatic heterocycles. The van der Waals surface area contributed by atoms with E-state index in [9.17, 15) is 9.59 Å². The van der Waals surface area contributed by atoms with Crippen LogP contribution in [0.25, 0.3) is 0 Å². The van der Waals surface area contributed by atoms with Crippen LogP contribution in [0.4, 0.5) is 0 Å². The fourth-order valence-electron chi connectivity index (χ4n) is 2.98. The van der Waals surface area contributed by atoms with Gasteiger partial charge in [0.15, 0.2) is 0 Å². The Kier molecular flexibility index (Phi) is 5.36. The zero-order valence-corrected chi connectivity index (χ0v) is 14.6. The Morgan fingerprint density at radius 1 is 1.20 bits per heavy atom. The van der Waals surface area contributed by atoms with E-state index in [4.69, 9.17) is 16.3 Å². The summed E-state index contributed by atoms with van der Waals surface area (Å²) in [6.45, 7) is 1.16. The molecule has 6 heteroatoms. The number of amides is 2. The lowest BCUT2D eigenvalue weighted by Crippen LogP contribution is -2.39. The van der Waals surface area contributed by atoms with Gasteiger partial charge in [-0.05, 0) is 29.3 Å². The molecule has 1 aliphatic rings. The molecule has 2 amide bonds. The van der Waals surface area contributed by atoms with Crippen LogP contribution in [0.1, 0.15) is 27.5 Å². The summed E-state index contributed by atoms with van der Waals surface area (Å²) in [7, 11) is 1.58. The molecule has 3 rings (SSSR count). The van der Waals surface area contributed by atoms with E-state index in [1.54, 1.807) is 30.2 Å². The molecule has 2 aromatic rings. The molecule has 0 radical (unpaired) electrons. The first kappa shape index (κ1) is 17.5. The molecule has 130 valence electrons. The quantitative estimate of drug-likeness (QED) is 0.808. The lowest BCUT2D eigenvalue weighted by Gasteiger charge is -2.24. The smallest absolute Gasteiger partial charge is 0.255 e. The van der Waals surface area contributed by atoms with Gasteiger partial charge >= 0.3 is 0 Å². The van der Waals surface area contributed by atoms with Crippen LogP contribution in [0.3, 0.4) is 0 Å². The van der Waals surface area contributed by atoms with Crippen LogP contribution in [0.2, 0.25) is 5.02 Å². The lowest BCUT2D eigenvalue weighted by atomic mass is 10.0. The van der Waals surface area contributed by atoms with Gasteiger partial charge in [0.1, 0.15) is 6.04 Å². The molecule has 2 aromatic carbocycles. The Morgan fingerprint density at radius 2 is 1.92 bits per heavy atom. The van der Waals surface area contributed by atoms with Gasteiger partial charge in [-0.1, -0.05) is 41.9 Å². The number of carbonyl (C=O) groups is 2. The van der Waals surface area contributed by atoms with E-state index in [1.807, 2.05) is 30.3 Å². The standard InChI is InChI=1S/C19H19ClN2O3/c1-25-11-10-21-18(23)17-15-4-2-3-5-16(15)19(24)22(17)12-13-6-8-14(20)9-7-13/h2-9,17H,10-12H2,1H3,(H,21,23). The minimum Gasteiger partial charge on any atom is -0.383 e. The fraction of sp³-hybridized carbons (Fsp3) is 0.263. The second-order valence-corrected chi connectivity index (χ2v) is 6.27. The Morgan fingerprint density at radius 3 is 2.64 bits per heavy atom. The molecular formula is C19H19ClN2O3. The highest BCUT2D eigenvalue weighted by molar-refractivity contribution is 6.30. The van der Waals surface area contributed by atoms with Gasteiger partial charge < -0.3 is 15.0 Å². The van der Waals surface area contributed by atoms with Gasteiger partial charge in [-0.25, -0.2) is 0 Å². The van der Waals surface area contributed by atoms with Crippen molar-refractivity contribution in [1.29, 1.82) is 0 Å². The average molecular weight is 359 g/mol. The van der Waals surface area contributed by atoms with Crippen LogP contribution in [0, 0.1) is 0 Å². The summed E-state index contributed by atoms with van der Waals surface area (Å²) in [5, 5.41) is 3.47. The number of nitrogens with one attached hydrogen (secondary N) is 1. The van der Waals surface area contributed by atoms with Crippen molar-refractivity contribution in [2.45, 2.75) is 12.6 Å². The molecule has 1 aliphatic heterocycles. The molecule has 0 saturated heterocycles. The monoisotopic (exact) mass is 358 g/mol. The molecular weight excluding hydrogens is 340 g/mol. The van der Waals surface area contributed by atoms with Crippen molar-refractivity contribution >= 4 is 23.4 Å². The first-order valence-corrected chi connectivity index (χ1v) is 8.40. The minimum atomic E-state index is -0.642. The summed E-state index contributed by atoms with van der Waals surface area (Å²) < 4.78 is 4.97. The van der Waals surface area contributed by atoms with Crippen LogP contribution in [-0.4, -0.2) is 37.0 Å². The number of hydrogen-bond acceptors (Lipinski definition) is 3. The summed E-state index contributed by atoms with van der Waals surface area (Å²) >= 11 is 5.92. The molecule has 5 nitrogen and oxygen atoms in total. The zero-order valence-electron chi connectivity index (χ0n) is 13.9. The van der Waals surface area contributed by atoms with Crippen molar-refractivity contribution in [3.8, 4) is 0 Å². The Balaban J connectivity index is 1.87. The molecule has 1 atom stereocenters. The Bertz CT molecular complexity index is 776. The number of benzene rings is 2. The number of rotatable bonds is 6. The predicted octanol–water partition coefficient (Wildman–Crippen LogP) is 2.80. The fourth-order valence-corrected chi connectivity index (χ4v) is 3.10. The normalized spacial score (nSPS) is 16.0. The van der Waals surface area contributed by atoms with Crippen molar-refractivity contribution in [3.05, 3.63) is 70.2 Å². The molecule has 0 aliphatic carbocycles. The van der Waals surface area contributed by atoms with Crippen molar-refractivity contribution in [2.75, 3.05) is 20.3 Å². The molecule has 0 saturated carbocycles. The topological polar surface area (TPSA) is 58.6 Å². The van der Waals surface area contributed by atoms with Gasteiger partial charge in [0.05, 0.1) is 6.61 Å². The molecule has 1 unspecified atom stereocenters. The van der Waals surface area contributed by atoms with Crippen LogP contribution >= 0.6 is 11.6 Å². The molecule has 0 bridgehead atoms. The maximum absolute atomic E-state index is 12.8. The first-order chi connectivity index (χ1) is 12.1. The van der Waals surface area contributed by atoms with Gasteiger partial charge in [0, 0.05) is 30.8 Å². The number of ether oxygens (including phenoxy) is 1. The van der Waals surface area contributed by atoms with Gasteiger partial charge in [0.2, 0.25) is 5.91 Å². The van der Waals surface area contributed by atoms with Crippen molar-refractivity contribution in [1.82, 2.24) is 10.2 Å². The molecule has 0 spiro atoms. The van der Waals surface area contributed by atoms with E-state index in [1.165, 1.54) is 0 Å². The number of methoxy groups -OCH3 is 1. The van der Waals surface area contributed by atoms with E-state index in [-0.39, 0.29) is 11.8 Å². The molecule has 0 fully saturated rings. The number of carbonyl (C=O) groups excluding carboxylic acids is 2.